The highest BCUT2D eigenvalue weighted by molar-refractivity contribution is 5.90. The monoisotopic (exact) mass is 292 g/mol. The van der Waals surface area contributed by atoms with Gasteiger partial charge in [0.15, 0.2) is 0 Å². The number of non-ortho nitro benzene ring substituents is 1. The highest BCUT2D eigenvalue weighted by atomic mass is 16.6. The molecule has 0 aliphatic heterocycles. The van der Waals surface area contributed by atoms with Gasteiger partial charge in [0.1, 0.15) is 5.52 Å². The smallest absolute Gasteiger partial charge is 0.302 e. The Bertz CT molecular complexity index is 624. The van der Waals surface area contributed by atoms with E-state index in [1.54, 1.807) is 0 Å². The van der Waals surface area contributed by atoms with Gasteiger partial charge in [0.2, 0.25) is 5.52 Å². The Morgan fingerprint density at radius 1 is 1.19 bits per heavy atom. The zero-order valence-electron chi connectivity index (χ0n) is 12.2. The van der Waals surface area contributed by atoms with Gasteiger partial charge in [-0.1, -0.05) is 39.0 Å². The summed E-state index contributed by atoms with van der Waals surface area (Å²) >= 11 is 0. The number of nitro benzene ring substituents is 1. The third kappa shape index (κ3) is 3.48. The van der Waals surface area contributed by atoms with Gasteiger partial charge >= 0.3 is 5.69 Å². The minimum atomic E-state index is -0.516. The third-order valence-electron chi connectivity index (χ3n) is 3.63. The number of benzene rings is 1. The van der Waals surface area contributed by atoms with Crippen LogP contribution in [0.4, 0.5) is 11.4 Å². The van der Waals surface area contributed by atoms with Gasteiger partial charge in [0.25, 0.3) is 0 Å². The highest BCUT2D eigenvalue weighted by Crippen LogP contribution is 2.31. The molecule has 0 radical (unpaired) electrons. The summed E-state index contributed by atoms with van der Waals surface area (Å²) in [6.45, 7) is 2.19. The van der Waals surface area contributed by atoms with E-state index in [9.17, 15) is 10.1 Å². The third-order valence-corrected chi connectivity index (χ3v) is 3.63. The zero-order chi connectivity index (χ0) is 15.2. The molecule has 114 valence electrons. The molecular formula is C14H20N4O3. The normalized spacial score (nSPS) is 11.1. The number of fused-ring (bicyclic) bond motifs is 1. The number of rotatable bonds is 8. The number of nitrogens with zero attached hydrogens (tertiary/aromatic N) is 3. The molecule has 1 aromatic carbocycles. The van der Waals surface area contributed by atoms with Crippen molar-refractivity contribution in [3.8, 4) is 0 Å². The van der Waals surface area contributed by atoms with Gasteiger partial charge in [-0.25, -0.2) is 4.63 Å². The SMILES string of the molecule is CCCCCCCCc1c(N)cc([N+](=O)[O-])c2nonc12. The van der Waals surface area contributed by atoms with E-state index >= 15 is 0 Å². The molecule has 0 spiro atoms. The van der Waals surface area contributed by atoms with E-state index in [0.29, 0.717) is 11.2 Å². The maximum Gasteiger partial charge on any atom is 0.302 e. The molecule has 1 heterocycles. The Morgan fingerprint density at radius 3 is 2.57 bits per heavy atom. The first-order valence-electron chi connectivity index (χ1n) is 7.33. The second-order valence-corrected chi connectivity index (χ2v) is 5.20. The van der Waals surface area contributed by atoms with Crippen molar-refractivity contribution in [2.75, 3.05) is 5.73 Å². The molecule has 0 amide bonds. The molecule has 2 N–H and O–H groups in total. The van der Waals surface area contributed by atoms with E-state index in [-0.39, 0.29) is 11.2 Å². The second kappa shape index (κ2) is 7.01. The fourth-order valence-corrected chi connectivity index (χ4v) is 2.48. The lowest BCUT2D eigenvalue weighted by Crippen LogP contribution is -2.00. The van der Waals surface area contributed by atoms with Crippen LogP contribution >= 0.6 is 0 Å². The topological polar surface area (TPSA) is 108 Å². The quantitative estimate of drug-likeness (QED) is 0.344. The lowest BCUT2D eigenvalue weighted by Gasteiger charge is -2.06. The van der Waals surface area contributed by atoms with Crippen LogP contribution in [-0.2, 0) is 6.42 Å². The van der Waals surface area contributed by atoms with Crippen molar-refractivity contribution in [1.29, 1.82) is 0 Å². The summed E-state index contributed by atoms with van der Waals surface area (Å²) in [4.78, 5) is 10.5. The van der Waals surface area contributed by atoms with Gasteiger partial charge in [-0.3, -0.25) is 10.1 Å². The van der Waals surface area contributed by atoms with Gasteiger partial charge in [-0.2, -0.15) is 0 Å². The molecule has 0 unspecified atom stereocenters. The van der Waals surface area contributed by atoms with E-state index in [1.165, 1.54) is 31.7 Å². The standard InChI is InChI=1S/C14H20N4O3/c1-2-3-4-5-6-7-8-10-11(15)9-12(18(19)20)14-13(10)16-21-17-14/h9H,2-8,15H2,1H3. The molecule has 0 atom stereocenters. The van der Waals surface area contributed by atoms with Crippen molar-refractivity contribution in [1.82, 2.24) is 10.3 Å². The first-order chi connectivity index (χ1) is 10.1. The Hall–Kier alpha value is -2.18. The van der Waals surface area contributed by atoms with Crippen molar-refractivity contribution < 1.29 is 9.55 Å². The van der Waals surface area contributed by atoms with Gasteiger partial charge in [-0.05, 0) is 23.2 Å². The number of hydrogen-bond acceptors (Lipinski definition) is 6. The fraction of sp³-hybridized carbons (Fsp3) is 0.571. The summed E-state index contributed by atoms with van der Waals surface area (Å²) in [6, 6.07) is 1.35. The van der Waals surface area contributed by atoms with Crippen molar-refractivity contribution in [3.05, 3.63) is 21.7 Å². The zero-order valence-corrected chi connectivity index (χ0v) is 12.2. The number of anilines is 1. The van der Waals surface area contributed by atoms with E-state index in [1.807, 2.05) is 0 Å². The van der Waals surface area contributed by atoms with Crippen molar-refractivity contribution in [2.24, 2.45) is 0 Å². The van der Waals surface area contributed by atoms with Crippen LogP contribution < -0.4 is 5.73 Å². The number of nitrogens with two attached hydrogens (primary N) is 1. The average molecular weight is 292 g/mol. The first kappa shape index (κ1) is 15.2. The van der Waals surface area contributed by atoms with Gasteiger partial charge < -0.3 is 5.73 Å². The number of nitro groups is 1. The van der Waals surface area contributed by atoms with Gasteiger partial charge in [0, 0.05) is 17.3 Å². The molecule has 7 nitrogen and oxygen atoms in total. The van der Waals surface area contributed by atoms with Crippen LogP contribution in [0, 0.1) is 10.1 Å². The second-order valence-electron chi connectivity index (χ2n) is 5.20. The van der Waals surface area contributed by atoms with E-state index in [2.05, 4.69) is 21.9 Å². The average Bonchev–Trinajstić information content (AvgIpc) is 2.93. The summed E-state index contributed by atoms with van der Waals surface area (Å²) in [5, 5.41) is 18.4. The van der Waals surface area contributed by atoms with E-state index < -0.39 is 4.92 Å². The lowest BCUT2D eigenvalue weighted by atomic mass is 10.0. The van der Waals surface area contributed by atoms with Crippen molar-refractivity contribution >= 4 is 22.4 Å². The van der Waals surface area contributed by atoms with Crippen LogP contribution in [0.2, 0.25) is 0 Å². The summed E-state index contributed by atoms with van der Waals surface area (Å²) in [7, 11) is 0. The van der Waals surface area contributed by atoms with Gasteiger partial charge in [0.05, 0.1) is 4.92 Å². The van der Waals surface area contributed by atoms with Crippen LogP contribution in [0.1, 0.15) is 51.0 Å². The Morgan fingerprint density at radius 2 is 1.86 bits per heavy atom. The molecule has 2 aromatic rings. The van der Waals surface area contributed by atoms with Crippen LogP contribution in [0.5, 0.6) is 0 Å². The molecule has 0 bridgehead atoms. The Labute approximate surface area is 122 Å². The minimum absolute atomic E-state index is 0.157. The number of nitrogen functional groups attached to an aromatic ring is 1. The highest BCUT2D eigenvalue weighted by Gasteiger charge is 2.22. The summed E-state index contributed by atoms with van der Waals surface area (Å²) < 4.78 is 4.65. The molecule has 7 heteroatoms. The fourth-order valence-electron chi connectivity index (χ4n) is 2.48. The van der Waals surface area contributed by atoms with Crippen molar-refractivity contribution in [3.63, 3.8) is 0 Å². The first-order valence-corrected chi connectivity index (χ1v) is 7.33. The van der Waals surface area contributed by atoms with E-state index in [0.717, 1.165) is 24.8 Å². The lowest BCUT2D eigenvalue weighted by molar-refractivity contribution is -0.383. The maximum absolute atomic E-state index is 11.0. The maximum atomic E-state index is 11.0. The number of hydrogen-bond donors (Lipinski definition) is 1. The predicted octanol–water partition coefficient (Wildman–Crippen LogP) is 3.62. The largest absolute Gasteiger partial charge is 0.398 e. The number of aryl methyl sites for hydroxylation is 1. The summed E-state index contributed by atoms with van der Waals surface area (Å²) in [5.41, 5.74) is 7.55. The summed E-state index contributed by atoms with van der Waals surface area (Å²) in [5.74, 6) is 0. The van der Waals surface area contributed by atoms with Crippen LogP contribution in [0.15, 0.2) is 10.7 Å². The van der Waals surface area contributed by atoms with Gasteiger partial charge in [-0.15, -0.1) is 0 Å². The molecule has 0 fully saturated rings. The molecular weight excluding hydrogens is 272 g/mol. The molecule has 0 saturated carbocycles. The minimum Gasteiger partial charge on any atom is -0.398 e. The molecule has 1 aromatic heterocycles. The Kier molecular flexibility index (Phi) is 5.08. The molecule has 0 aliphatic rings. The predicted molar refractivity (Wildman–Crippen MR) is 80.0 cm³/mol. The summed E-state index contributed by atoms with van der Waals surface area (Å²) in [6.07, 6.45) is 7.75. The van der Waals surface area contributed by atoms with Crippen molar-refractivity contribution in [2.45, 2.75) is 51.9 Å². The van der Waals surface area contributed by atoms with Crippen LogP contribution in [-0.4, -0.2) is 15.2 Å². The number of aromatic nitrogens is 2. The van der Waals surface area contributed by atoms with Crippen LogP contribution in [0.3, 0.4) is 0 Å². The molecule has 0 aliphatic carbocycles. The van der Waals surface area contributed by atoms with Crippen LogP contribution in [0.25, 0.3) is 11.0 Å². The Balaban J connectivity index is 2.10. The molecule has 2 rings (SSSR count). The molecule has 21 heavy (non-hydrogen) atoms. The number of unbranched alkanes of at least 4 members (excludes halogenated alkanes) is 5. The molecule has 0 saturated heterocycles. The van der Waals surface area contributed by atoms with E-state index in [4.69, 9.17) is 5.73 Å².